The molecule has 0 aliphatic carbocycles. The predicted octanol–water partition coefficient (Wildman–Crippen LogP) is 1.97. The van der Waals surface area contributed by atoms with Gasteiger partial charge in [-0.1, -0.05) is 25.1 Å². The van der Waals surface area contributed by atoms with Gasteiger partial charge in [0.2, 0.25) is 0 Å². The van der Waals surface area contributed by atoms with Crippen LogP contribution in [0.2, 0.25) is 0 Å². The standard InChI is InChI=1S/C13H19N3/c1-10(9-14-2)8-12-11-6-4-5-7-13(11)16(3)15-12/h4-7,10,14H,8-9H2,1-3H3. The zero-order valence-electron chi connectivity index (χ0n) is 10.2. The maximum absolute atomic E-state index is 4.60. The monoisotopic (exact) mass is 217 g/mol. The molecule has 3 nitrogen and oxygen atoms in total. The highest BCUT2D eigenvalue weighted by atomic mass is 15.3. The van der Waals surface area contributed by atoms with Crippen LogP contribution in [0.15, 0.2) is 24.3 Å². The summed E-state index contributed by atoms with van der Waals surface area (Å²) in [5.41, 5.74) is 2.43. The first-order valence-electron chi connectivity index (χ1n) is 5.77. The quantitative estimate of drug-likeness (QED) is 0.848. The van der Waals surface area contributed by atoms with Gasteiger partial charge in [-0.25, -0.2) is 0 Å². The molecule has 1 aromatic heterocycles. The lowest BCUT2D eigenvalue weighted by molar-refractivity contribution is 0.533. The van der Waals surface area contributed by atoms with Crippen LogP contribution in [-0.4, -0.2) is 23.4 Å². The van der Waals surface area contributed by atoms with Crippen LogP contribution in [0.3, 0.4) is 0 Å². The Hall–Kier alpha value is -1.35. The van der Waals surface area contributed by atoms with Crippen molar-refractivity contribution in [2.75, 3.05) is 13.6 Å². The van der Waals surface area contributed by atoms with E-state index in [0.29, 0.717) is 5.92 Å². The predicted molar refractivity (Wildman–Crippen MR) is 67.5 cm³/mol. The third-order valence-electron chi connectivity index (χ3n) is 2.93. The molecule has 1 N–H and O–H groups in total. The van der Waals surface area contributed by atoms with Crippen LogP contribution in [0.25, 0.3) is 10.9 Å². The van der Waals surface area contributed by atoms with Crippen molar-refractivity contribution in [2.45, 2.75) is 13.3 Å². The Morgan fingerprint density at radius 1 is 1.38 bits per heavy atom. The van der Waals surface area contributed by atoms with Crippen LogP contribution in [0.4, 0.5) is 0 Å². The molecule has 0 saturated heterocycles. The van der Waals surface area contributed by atoms with E-state index in [1.165, 1.54) is 16.6 Å². The molecule has 86 valence electrons. The number of hydrogen-bond donors (Lipinski definition) is 1. The van der Waals surface area contributed by atoms with Crippen molar-refractivity contribution in [2.24, 2.45) is 13.0 Å². The summed E-state index contributed by atoms with van der Waals surface area (Å²) in [6.07, 6.45) is 1.03. The second kappa shape index (κ2) is 4.66. The molecule has 0 fully saturated rings. The number of para-hydroxylation sites is 1. The molecule has 0 aliphatic heterocycles. The zero-order valence-corrected chi connectivity index (χ0v) is 10.2. The molecule has 0 bridgehead atoms. The molecule has 0 radical (unpaired) electrons. The van der Waals surface area contributed by atoms with Gasteiger partial charge in [-0.05, 0) is 32.0 Å². The van der Waals surface area contributed by atoms with Crippen molar-refractivity contribution >= 4 is 10.9 Å². The van der Waals surface area contributed by atoms with E-state index in [1.807, 2.05) is 18.8 Å². The van der Waals surface area contributed by atoms with Crippen LogP contribution in [0, 0.1) is 5.92 Å². The number of fused-ring (bicyclic) bond motifs is 1. The van der Waals surface area contributed by atoms with E-state index in [9.17, 15) is 0 Å². The van der Waals surface area contributed by atoms with E-state index in [-0.39, 0.29) is 0 Å². The van der Waals surface area contributed by atoms with E-state index in [4.69, 9.17) is 0 Å². The summed E-state index contributed by atoms with van der Waals surface area (Å²) in [6, 6.07) is 8.42. The highest BCUT2D eigenvalue weighted by molar-refractivity contribution is 5.81. The number of nitrogens with zero attached hydrogens (tertiary/aromatic N) is 2. The van der Waals surface area contributed by atoms with E-state index in [0.717, 1.165) is 13.0 Å². The normalized spacial score (nSPS) is 13.2. The van der Waals surface area contributed by atoms with Crippen molar-refractivity contribution < 1.29 is 0 Å². The lowest BCUT2D eigenvalue weighted by atomic mass is 10.0. The fourth-order valence-electron chi connectivity index (χ4n) is 2.19. The number of benzene rings is 1. The average molecular weight is 217 g/mol. The fourth-order valence-corrected chi connectivity index (χ4v) is 2.19. The van der Waals surface area contributed by atoms with Gasteiger partial charge in [-0.2, -0.15) is 5.10 Å². The number of hydrogen-bond acceptors (Lipinski definition) is 2. The van der Waals surface area contributed by atoms with E-state index >= 15 is 0 Å². The zero-order chi connectivity index (χ0) is 11.5. The largest absolute Gasteiger partial charge is 0.319 e. The molecule has 0 amide bonds. The molecular weight excluding hydrogens is 198 g/mol. The van der Waals surface area contributed by atoms with Crippen LogP contribution >= 0.6 is 0 Å². The van der Waals surface area contributed by atoms with Gasteiger partial charge in [-0.15, -0.1) is 0 Å². The van der Waals surface area contributed by atoms with Gasteiger partial charge in [0.1, 0.15) is 0 Å². The van der Waals surface area contributed by atoms with Gasteiger partial charge >= 0.3 is 0 Å². The summed E-state index contributed by atoms with van der Waals surface area (Å²) < 4.78 is 1.97. The SMILES string of the molecule is CNCC(C)Cc1nn(C)c2ccccc12. The van der Waals surface area contributed by atoms with Crippen molar-refractivity contribution in [1.82, 2.24) is 15.1 Å². The molecule has 0 saturated carbocycles. The fraction of sp³-hybridized carbons (Fsp3) is 0.462. The first kappa shape index (κ1) is 11.1. The molecule has 1 atom stereocenters. The van der Waals surface area contributed by atoms with Crippen LogP contribution in [0.1, 0.15) is 12.6 Å². The van der Waals surface area contributed by atoms with Gasteiger partial charge in [0, 0.05) is 12.4 Å². The number of aryl methyl sites for hydroxylation is 1. The third kappa shape index (κ3) is 2.09. The molecule has 2 rings (SSSR count). The van der Waals surface area contributed by atoms with E-state index in [2.05, 4.69) is 41.6 Å². The lowest BCUT2D eigenvalue weighted by Gasteiger charge is -2.08. The summed E-state index contributed by atoms with van der Waals surface area (Å²) in [5.74, 6) is 0.614. The van der Waals surface area contributed by atoms with Crippen molar-refractivity contribution in [3.63, 3.8) is 0 Å². The smallest absolute Gasteiger partial charge is 0.0706 e. The first-order valence-corrected chi connectivity index (χ1v) is 5.77. The molecular formula is C13H19N3. The molecule has 1 unspecified atom stereocenters. The van der Waals surface area contributed by atoms with Crippen molar-refractivity contribution in [3.8, 4) is 0 Å². The third-order valence-corrected chi connectivity index (χ3v) is 2.93. The van der Waals surface area contributed by atoms with Gasteiger partial charge in [0.15, 0.2) is 0 Å². The first-order chi connectivity index (χ1) is 7.72. The minimum absolute atomic E-state index is 0.614. The molecule has 0 aliphatic rings. The number of rotatable bonds is 4. The summed E-state index contributed by atoms with van der Waals surface area (Å²) in [7, 11) is 4.00. The molecule has 3 heteroatoms. The van der Waals surface area contributed by atoms with Crippen LogP contribution < -0.4 is 5.32 Å². The lowest BCUT2D eigenvalue weighted by Crippen LogP contribution is -2.18. The maximum atomic E-state index is 4.60. The van der Waals surface area contributed by atoms with Crippen molar-refractivity contribution in [3.05, 3.63) is 30.0 Å². The number of aromatic nitrogens is 2. The van der Waals surface area contributed by atoms with Crippen LogP contribution in [-0.2, 0) is 13.5 Å². The van der Waals surface area contributed by atoms with E-state index < -0.39 is 0 Å². The Kier molecular flexibility index (Phi) is 3.25. The van der Waals surface area contributed by atoms with Crippen molar-refractivity contribution in [1.29, 1.82) is 0 Å². The molecule has 0 spiro atoms. The molecule has 1 aromatic carbocycles. The summed E-state index contributed by atoms with van der Waals surface area (Å²) >= 11 is 0. The Labute approximate surface area is 96.5 Å². The van der Waals surface area contributed by atoms with Gasteiger partial charge < -0.3 is 5.32 Å². The maximum Gasteiger partial charge on any atom is 0.0706 e. The van der Waals surface area contributed by atoms with Gasteiger partial charge in [-0.3, -0.25) is 4.68 Å². The molecule has 16 heavy (non-hydrogen) atoms. The Morgan fingerprint density at radius 3 is 2.88 bits per heavy atom. The Morgan fingerprint density at radius 2 is 2.12 bits per heavy atom. The highest BCUT2D eigenvalue weighted by Gasteiger charge is 2.10. The highest BCUT2D eigenvalue weighted by Crippen LogP contribution is 2.19. The second-order valence-corrected chi connectivity index (χ2v) is 4.45. The van der Waals surface area contributed by atoms with E-state index in [1.54, 1.807) is 0 Å². The summed E-state index contributed by atoms with van der Waals surface area (Å²) in [4.78, 5) is 0. The average Bonchev–Trinajstić information content (AvgIpc) is 2.57. The Balaban J connectivity index is 2.31. The van der Waals surface area contributed by atoms with Gasteiger partial charge in [0.25, 0.3) is 0 Å². The Bertz CT molecular complexity index is 473. The second-order valence-electron chi connectivity index (χ2n) is 4.45. The van der Waals surface area contributed by atoms with Gasteiger partial charge in [0.05, 0.1) is 11.2 Å². The number of nitrogens with one attached hydrogen (secondary N) is 1. The minimum atomic E-state index is 0.614. The molecule has 1 heterocycles. The van der Waals surface area contributed by atoms with Crippen LogP contribution in [0.5, 0.6) is 0 Å². The topological polar surface area (TPSA) is 29.9 Å². The molecule has 2 aromatic rings. The minimum Gasteiger partial charge on any atom is -0.319 e. The summed E-state index contributed by atoms with van der Waals surface area (Å²) in [5, 5.41) is 9.09. The summed E-state index contributed by atoms with van der Waals surface area (Å²) in [6.45, 7) is 3.28.